The third-order valence-corrected chi connectivity index (χ3v) is 2.61. The first-order chi connectivity index (χ1) is 7.89. The number of alkyl halides is 2. The SMILES string of the molecule is CCOC(=O)C(F)(F)C(O)c1ccc(Br)cc1. The van der Waals surface area contributed by atoms with Crippen molar-refractivity contribution < 1.29 is 23.4 Å². The number of halogens is 3. The lowest BCUT2D eigenvalue weighted by atomic mass is 10.0. The van der Waals surface area contributed by atoms with Crippen LogP contribution in [0, 0.1) is 0 Å². The molecule has 0 bridgehead atoms. The van der Waals surface area contributed by atoms with Crippen molar-refractivity contribution in [3.63, 3.8) is 0 Å². The van der Waals surface area contributed by atoms with Crippen LogP contribution in [0.15, 0.2) is 28.7 Å². The number of aliphatic hydroxyl groups excluding tert-OH is 1. The predicted molar refractivity (Wildman–Crippen MR) is 60.7 cm³/mol. The summed E-state index contributed by atoms with van der Waals surface area (Å²) < 4.78 is 31.8. The summed E-state index contributed by atoms with van der Waals surface area (Å²) in [5.41, 5.74) is -0.0498. The number of aliphatic hydroxyl groups is 1. The van der Waals surface area contributed by atoms with Crippen LogP contribution in [0.1, 0.15) is 18.6 Å². The monoisotopic (exact) mass is 308 g/mol. The minimum Gasteiger partial charge on any atom is -0.461 e. The highest BCUT2D eigenvalue weighted by molar-refractivity contribution is 9.10. The number of hydrogen-bond donors (Lipinski definition) is 1. The molecule has 1 unspecified atom stereocenters. The van der Waals surface area contributed by atoms with Crippen LogP contribution in [-0.4, -0.2) is 23.6 Å². The van der Waals surface area contributed by atoms with Crippen LogP contribution >= 0.6 is 15.9 Å². The molecule has 17 heavy (non-hydrogen) atoms. The first-order valence-corrected chi connectivity index (χ1v) is 5.67. The zero-order valence-electron chi connectivity index (χ0n) is 8.99. The molecule has 0 aliphatic rings. The normalized spacial score (nSPS) is 13.2. The summed E-state index contributed by atoms with van der Waals surface area (Å²) in [7, 11) is 0. The average molecular weight is 309 g/mol. The highest BCUT2D eigenvalue weighted by Crippen LogP contribution is 2.32. The van der Waals surface area contributed by atoms with E-state index in [2.05, 4.69) is 20.7 Å². The van der Waals surface area contributed by atoms with E-state index in [0.717, 1.165) is 0 Å². The Morgan fingerprint density at radius 3 is 2.47 bits per heavy atom. The molecule has 6 heteroatoms. The molecular weight excluding hydrogens is 298 g/mol. The van der Waals surface area contributed by atoms with Crippen LogP contribution in [0.3, 0.4) is 0 Å². The molecule has 1 aromatic rings. The van der Waals surface area contributed by atoms with E-state index in [9.17, 15) is 18.7 Å². The Hall–Kier alpha value is -1.01. The molecule has 0 aromatic heterocycles. The topological polar surface area (TPSA) is 46.5 Å². The molecule has 0 spiro atoms. The second kappa shape index (κ2) is 5.55. The molecule has 1 rings (SSSR count). The van der Waals surface area contributed by atoms with E-state index in [1.54, 1.807) is 0 Å². The molecule has 0 fully saturated rings. The molecule has 0 saturated carbocycles. The summed E-state index contributed by atoms with van der Waals surface area (Å²) in [5, 5.41) is 9.47. The number of rotatable bonds is 4. The fourth-order valence-electron chi connectivity index (χ4n) is 1.19. The molecule has 1 atom stereocenters. The number of carbonyl (C=O) groups excluding carboxylic acids is 1. The third kappa shape index (κ3) is 3.23. The van der Waals surface area contributed by atoms with E-state index in [0.29, 0.717) is 4.47 Å². The Balaban J connectivity index is 2.91. The van der Waals surface area contributed by atoms with Gasteiger partial charge in [0.15, 0.2) is 6.10 Å². The summed E-state index contributed by atoms with van der Waals surface area (Å²) in [6.45, 7) is 1.25. The Morgan fingerprint density at radius 2 is 2.00 bits per heavy atom. The summed E-state index contributed by atoms with van der Waals surface area (Å²) in [4.78, 5) is 11.0. The second-order valence-corrected chi connectivity index (χ2v) is 4.21. The minimum absolute atomic E-state index is 0.0498. The molecule has 1 aromatic carbocycles. The van der Waals surface area contributed by atoms with E-state index in [-0.39, 0.29) is 12.2 Å². The predicted octanol–water partition coefficient (Wildman–Crippen LogP) is 2.68. The Morgan fingerprint density at radius 1 is 1.47 bits per heavy atom. The van der Waals surface area contributed by atoms with Crippen molar-refractivity contribution in [1.29, 1.82) is 0 Å². The first-order valence-electron chi connectivity index (χ1n) is 4.88. The lowest BCUT2D eigenvalue weighted by molar-refractivity contribution is -0.189. The number of ether oxygens (including phenoxy) is 1. The van der Waals surface area contributed by atoms with E-state index < -0.39 is 18.0 Å². The van der Waals surface area contributed by atoms with Crippen LogP contribution in [-0.2, 0) is 9.53 Å². The van der Waals surface area contributed by atoms with Crippen molar-refractivity contribution >= 4 is 21.9 Å². The van der Waals surface area contributed by atoms with Crippen molar-refractivity contribution in [3.8, 4) is 0 Å². The van der Waals surface area contributed by atoms with E-state index in [1.165, 1.54) is 31.2 Å². The summed E-state index contributed by atoms with van der Waals surface area (Å²) in [6, 6.07) is 5.61. The van der Waals surface area contributed by atoms with Gasteiger partial charge in [0.25, 0.3) is 0 Å². The van der Waals surface area contributed by atoms with Crippen LogP contribution in [0.4, 0.5) is 8.78 Å². The van der Waals surface area contributed by atoms with Gasteiger partial charge in [0, 0.05) is 4.47 Å². The molecule has 1 N–H and O–H groups in total. The molecule has 0 amide bonds. The van der Waals surface area contributed by atoms with Gasteiger partial charge in [-0.2, -0.15) is 8.78 Å². The molecule has 0 saturated heterocycles. The number of esters is 1. The molecule has 0 aliphatic heterocycles. The zero-order chi connectivity index (χ0) is 13.1. The van der Waals surface area contributed by atoms with Crippen LogP contribution in [0.25, 0.3) is 0 Å². The van der Waals surface area contributed by atoms with Crippen molar-refractivity contribution in [1.82, 2.24) is 0 Å². The standard InChI is InChI=1S/C11H11BrF2O3/c1-2-17-10(16)11(13,14)9(15)7-3-5-8(12)6-4-7/h3-6,9,15H,2H2,1H3. The largest absolute Gasteiger partial charge is 0.461 e. The Kier molecular flexibility index (Phi) is 4.59. The van der Waals surface area contributed by atoms with Gasteiger partial charge in [0.2, 0.25) is 0 Å². The molecule has 0 heterocycles. The van der Waals surface area contributed by atoms with Gasteiger partial charge in [-0.05, 0) is 24.6 Å². The van der Waals surface area contributed by atoms with Crippen molar-refractivity contribution in [2.75, 3.05) is 6.61 Å². The highest BCUT2D eigenvalue weighted by atomic mass is 79.9. The van der Waals surface area contributed by atoms with E-state index in [4.69, 9.17) is 0 Å². The van der Waals surface area contributed by atoms with Crippen molar-refractivity contribution in [3.05, 3.63) is 34.3 Å². The Bertz CT molecular complexity index is 392. The van der Waals surface area contributed by atoms with Gasteiger partial charge >= 0.3 is 11.9 Å². The van der Waals surface area contributed by atoms with E-state index >= 15 is 0 Å². The third-order valence-electron chi connectivity index (χ3n) is 2.08. The minimum atomic E-state index is -3.95. The lowest BCUT2D eigenvalue weighted by Crippen LogP contribution is -2.37. The number of hydrogen-bond acceptors (Lipinski definition) is 3. The van der Waals surface area contributed by atoms with E-state index in [1.807, 2.05) is 0 Å². The summed E-state index contributed by atoms with van der Waals surface area (Å²) >= 11 is 3.14. The molecule has 94 valence electrons. The molecule has 0 radical (unpaired) electrons. The fraction of sp³-hybridized carbons (Fsp3) is 0.364. The van der Waals surface area contributed by atoms with Crippen molar-refractivity contribution in [2.24, 2.45) is 0 Å². The van der Waals surface area contributed by atoms with Crippen LogP contribution in [0.2, 0.25) is 0 Å². The van der Waals surface area contributed by atoms with Crippen molar-refractivity contribution in [2.45, 2.75) is 19.0 Å². The first kappa shape index (κ1) is 14.1. The maximum atomic E-state index is 13.4. The summed E-state index contributed by atoms with van der Waals surface area (Å²) in [5.74, 6) is -5.68. The lowest BCUT2D eigenvalue weighted by Gasteiger charge is -2.20. The van der Waals surface area contributed by atoms with Gasteiger partial charge in [0.1, 0.15) is 0 Å². The van der Waals surface area contributed by atoms with Crippen LogP contribution < -0.4 is 0 Å². The molecule has 0 aliphatic carbocycles. The van der Waals surface area contributed by atoms with Crippen LogP contribution in [0.5, 0.6) is 0 Å². The number of benzene rings is 1. The van der Waals surface area contributed by atoms with Gasteiger partial charge < -0.3 is 9.84 Å². The van der Waals surface area contributed by atoms with Gasteiger partial charge in [0.05, 0.1) is 6.61 Å². The maximum Gasteiger partial charge on any atom is 0.380 e. The van der Waals surface area contributed by atoms with Gasteiger partial charge in [-0.15, -0.1) is 0 Å². The zero-order valence-corrected chi connectivity index (χ0v) is 10.6. The van der Waals surface area contributed by atoms with Gasteiger partial charge in [-0.1, -0.05) is 28.1 Å². The highest BCUT2D eigenvalue weighted by Gasteiger charge is 2.48. The molecular formula is C11H11BrF2O3. The molecule has 3 nitrogen and oxygen atoms in total. The fourth-order valence-corrected chi connectivity index (χ4v) is 1.46. The van der Waals surface area contributed by atoms with Gasteiger partial charge in [-0.3, -0.25) is 0 Å². The second-order valence-electron chi connectivity index (χ2n) is 3.30. The quantitative estimate of drug-likeness (QED) is 0.870. The van der Waals surface area contributed by atoms with Gasteiger partial charge in [-0.25, -0.2) is 4.79 Å². The smallest absolute Gasteiger partial charge is 0.380 e. The average Bonchev–Trinajstić information content (AvgIpc) is 2.29. The maximum absolute atomic E-state index is 13.4. The number of carbonyl (C=O) groups is 1. The summed E-state index contributed by atoms with van der Waals surface area (Å²) in [6.07, 6.45) is -2.21. The Labute approximate surface area is 106 Å².